The third-order valence-corrected chi connectivity index (χ3v) is 4.20. The standard InChI is InChI=1S/C20H28N4O3/c1-6-27-17-9-7-16(8-10-17)19(25)22-18(14(2)3)20(26)23(4)12-15-11-21-24(5)13-15/h7-11,13-14,18H,6,12H2,1-5H3,(H,22,25). The van der Waals surface area contributed by atoms with E-state index < -0.39 is 6.04 Å². The zero-order valence-electron chi connectivity index (χ0n) is 16.6. The first kappa shape index (κ1) is 20.5. The average Bonchev–Trinajstić information content (AvgIpc) is 3.04. The summed E-state index contributed by atoms with van der Waals surface area (Å²) in [5, 5.41) is 6.98. The van der Waals surface area contributed by atoms with Crippen molar-refractivity contribution in [2.24, 2.45) is 13.0 Å². The molecule has 2 aromatic rings. The number of amides is 2. The van der Waals surface area contributed by atoms with Gasteiger partial charge in [0.25, 0.3) is 5.91 Å². The van der Waals surface area contributed by atoms with Gasteiger partial charge in [0, 0.05) is 38.0 Å². The van der Waals surface area contributed by atoms with E-state index in [-0.39, 0.29) is 17.7 Å². The molecule has 0 bridgehead atoms. The van der Waals surface area contributed by atoms with E-state index in [0.717, 1.165) is 5.56 Å². The van der Waals surface area contributed by atoms with Crippen LogP contribution in [0.25, 0.3) is 0 Å². The van der Waals surface area contributed by atoms with Crippen LogP contribution in [0.2, 0.25) is 0 Å². The van der Waals surface area contributed by atoms with Gasteiger partial charge in [0.15, 0.2) is 0 Å². The fourth-order valence-corrected chi connectivity index (χ4v) is 2.75. The van der Waals surface area contributed by atoms with E-state index in [4.69, 9.17) is 4.74 Å². The molecule has 2 rings (SSSR count). The second kappa shape index (κ2) is 9.21. The molecule has 1 N–H and O–H groups in total. The quantitative estimate of drug-likeness (QED) is 0.771. The number of aryl methyl sites for hydroxylation is 1. The molecule has 0 spiro atoms. The number of hydrogen-bond donors (Lipinski definition) is 1. The van der Waals surface area contributed by atoms with E-state index in [9.17, 15) is 9.59 Å². The number of ether oxygens (including phenoxy) is 1. The molecule has 0 aliphatic rings. The maximum atomic E-state index is 12.9. The predicted molar refractivity (Wildman–Crippen MR) is 103 cm³/mol. The molecule has 0 saturated carbocycles. The highest BCUT2D eigenvalue weighted by molar-refractivity contribution is 5.97. The van der Waals surface area contributed by atoms with Crippen LogP contribution < -0.4 is 10.1 Å². The van der Waals surface area contributed by atoms with Crippen LogP contribution in [0.3, 0.4) is 0 Å². The smallest absolute Gasteiger partial charge is 0.251 e. The lowest BCUT2D eigenvalue weighted by atomic mass is 10.0. The fraction of sp³-hybridized carbons (Fsp3) is 0.450. The van der Waals surface area contributed by atoms with Crippen LogP contribution in [-0.4, -0.2) is 46.2 Å². The molecule has 146 valence electrons. The molecule has 7 nitrogen and oxygen atoms in total. The normalized spacial score (nSPS) is 11.9. The number of nitrogens with one attached hydrogen (secondary N) is 1. The molecule has 27 heavy (non-hydrogen) atoms. The maximum Gasteiger partial charge on any atom is 0.251 e. The lowest BCUT2D eigenvalue weighted by Gasteiger charge is -2.27. The molecular formula is C20H28N4O3. The first-order chi connectivity index (χ1) is 12.8. The van der Waals surface area contributed by atoms with Gasteiger partial charge in [-0.1, -0.05) is 13.8 Å². The fourth-order valence-electron chi connectivity index (χ4n) is 2.75. The minimum Gasteiger partial charge on any atom is -0.494 e. The summed E-state index contributed by atoms with van der Waals surface area (Å²) in [5.74, 6) is 0.259. The van der Waals surface area contributed by atoms with Gasteiger partial charge in [-0.15, -0.1) is 0 Å². The van der Waals surface area contributed by atoms with Gasteiger partial charge in [0.1, 0.15) is 11.8 Å². The second-order valence-electron chi connectivity index (χ2n) is 6.87. The topological polar surface area (TPSA) is 76.5 Å². The molecule has 1 aromatic heterocycles. The molecular weight excluding hydrogens is 344 g/mol. The van der Waals surface area contributed by atoms with Gasteiger partial charge >= 0.3 is 0 Å². The monoisotopic (exact) mass is 372 g/mol. The van der Waals surface area contributed by atoms with Gasteiger partial charge in [-0.3, -0.25) is 14.3 Å². The lowest BCUT2D eigenvalue weighted by molar-refractivity contribution is -0.133. The molecule has 0 fully saturated rings. The van der Waals surface area contributed by atoms with Crippen LogP contribution in [-0.2, 0) is 18.4 Å². The molecule has 1 heterocycles. The highest BCUT2D eigenvalue weighted by Crippen LogP contribution is 2.14. The summed E-state index contributed by atoms with van der Waals surface area (Å²) < 4.78 is 7.08. The number of carbonyl (C=O) groups is 2. The zero-order valence-corrected chi connectivity index (χ0v) is 16.6. The van der Waals surface area contributed by atoms with Crippen molar-refractivity contribution in [1.29, 1.82) is 0 Å². The maximum absolute atomic E-state index is 12.9. The van der Waals surface area contributed by atoms with Crippen molar-refractivity contribution >= 4 is 11.8 Å². The third kappa shape index (κ3) is 5.57. The number of nitrogens with zero attached hydrogens (tertiary/aromatic N) is 3. The lowest BCUT2D eigenvalue weighted by Crippen LogP contribution is -2.50. The summed E-state index contributed by atoms with van der Waals surface area (Å²) in [6.07, 6.45) is 3.60. The molecule has 1 aromatic carbocycles. The minimum absolute atomic E-state index is 0.0412. The summed E-state index contributed by atoms with van der Waals surface area (Å²) in [7, 11) is 3.56. The largest absolute Gasteiger partial charge is 0.494 e. The van der Waals surface area contributed by atoms with Gasteiger partial charge in [-0.05, 0) is 37.1 Å². The molecule has 1 atom stereocenters. The first-order valence-electron chi connectivity index (χ1n) is 9.08. The Morgan fingerprint density at radius 2 is 1.93 bits per heavy atom. The number of benzene rings is 1. The number of likely N-dealkylation sites (N-methyl/N-ethyl adjacent to an activating group) is 1. The Kier molecular flexibility index (Phi) is 6.98. The van der Waals surface area contributed by atoms with Crippen molar-refractivity contribution in [3.8, 4) is 5.75 Å². The number of aromatic nitrogens is 2. The second-order valence-corrected chi connectivity index (χ2v) is 6.87. The molecule has 0 aliphatic carbocycles. The van der Waals surface area contributed by atoms with Crippen LogP contribution >= 0.6 is 0 Å². The molecule has 2 amide bonds. The Labute approximate surface area is 160 Å². The summed E-state index contributed by atoms with van der Waals surface area (Å²) in [6, 6.07) is 6.28. The van der Waals surface area contributed by atoms with Crippen LogP contribution in [0.5, 0.6) is 5.75 Å². The molecule has 0 saturated heterocycles. The molecule has 0 aliphatic heterocycles. The van der Waals surface area contributed by atoms with Crippen molar-refractivity contribution < 1.29 is 14.3 Å². The Morgan fingerprint density at radius 3 is 2.44 bits per heavy atom. The third-order valence-electron chi connectivity index (χ3n) is 4.20. The van der Waals surface area contributed by atoms with Gasteiger partial charge in [0.05, 0.1) is 12.8 Å². The average molecular weight is 372 g/mol. The zero-order chi connectivity index (χ0) is 20.0. The minimum atomic E-state index is -0.606. The molecule has 7 heteroatoms. The number of hydrogen-bond acceptors (Lipinski definition) is 4. The number of carbonyl (C=O) groups excluding carboxylic acids is 2. The van der Waals surface area contributed by atoms with Gasteiger partial charge in [-0.2, -0.15) is 5.10 Å². The summed E-state index contributed by atoms with van der Waals surface area (Å²) in [5.41, 5.74) is 1.43. The van der Waals surface area contributed by atoms with Crippen molar-refractivity contribution in [1.82, 2.24) is 20.0 Å². The van der Waals surface area contributed by atoms with Crippen molar-refractivity contribution in [3.63, 3.8) is 0 Å². The summed E-state index contributed by atoms with van der Waals surface area (Å²) in [6.45, 7) is 6.74. The SMILES string of the molecule is CCOc1ccc(C(=O)NC(C(=O)N(C)Cc2cnn(C)c2)C(C)C)cc1. The Balaban J connectivity index is 2.04. The summed E-state index contributed by atoms with van der Waals surface area (Å²) in [4.78, 5) is 27.1. The van der Waals surface area contributed by atoms with Crippen molar-refractivity contribution in [2.45, 2.75) is 33.4 Å². The van der Waals surface area contributed by atoms with E-state index in [0.29, 0.717) is 24.5 Å². The van der Waals surface area contributed by atoms with E-state index in [1.165, 1.54) is 0 Å². The number of rotatable bonds is 8. The van der Waals surface area contributed by atoms with Gasteiger partial charge in [-0.25, -0.2) is 0 Å². The molecule has 0 radical (unpaired) electrons. The Hall–Kier alpha value is -2.83. The predicted octanol–water partition coefficient (Wildman–Crippen LogP) is 2.23. The van der Waals surface area contributed by atoms with Gasteiger partial charge < -0.3 is 15.0 Å². The van der Waals surface area contributed by atoms with Crippen molar-refractivity contribution in [3.05, 3.63) is 47.8 Å². The van der Waals surface area contributed by atoms with E-state index in [2.05, 4.69) is 10.4 Å². The molecule has 1 unspecified atom stereocenters. The van der Waals surface area contributed by atoms with Crippen LogP contribution in [0.4, 0.5) is 0 Å². The van der Waals surface area contributed by atoms with Crippen LogP contribution in [0.1, 0.15) is 36.7 Å². The first-order valence-corrected chi connectivity index (χ1v) is 9.08. The van der Waals surface area contributed by atoms with E-state index >= 15 is 0 Å². The van der Waals surface area contributed by atoms with E-state index in [1.54, 1.807) is 47.1 Å². The van der Waals surface area contributed by atoms with Crippen LogP contribution in [0, 0.1) is 5.92 Å². The van der Waals surface area contributed by atoms with E-state index in [1.807, 2.05) is 34.0 Å². The Bertz CT molecular complexity index is 768. The Morgan fingerprint density at radius 1 is 1.26 bits per heavy atom. The summed E-state index contributed by atoms with van der Waals surface area (Å²) >= 11 is 0. The van der Waals surface area contributed by atoms with Gasteiger partial charge in [0.2, 0.25) is 5.91 Å². The highest BCUT2D eigenvalue weighted by atomic mass is 16.5. The van der Waals surface area contributed by atoms with Crippen molar-refractivity contribution in [2.75, 3.05) is 13.7 Å². The van der Waals surface area contributed by atoms with Crippen LogP contribution in [0.15, 0.2) is 36.7 Å². The highest BCUT2D eigenvalue weighted by Gasteiger charge is 2.27.